The number of carbonyl (C=O) groups is 1. The molecule has 4 aromatic rings. The van der Waals surface area contributed by atoms with Crippen molar-refractivity contribution >= 4 is 22.2 Å². The van der Waals surface area contributed by atoms with Gasteiger partial charge in [-0.3, -0.25) is 9.59 Å². The lowest BCUT2D eigenvalue weighted by Gasteiger charge is -2.57. The second-order valence-corrected chi connectivity index (χ2v) is 10.5. The monoisotopic (exact) mass is 485 g/mol. The van der Waals surface area contributed by atoms with E-state index < -0.39 is 0 Å². The molecule has 1 atom stereocenters. The predicted octanol–water partition coefficient (Wildman–Crippen LogP) is 3.19. The third-order valence-electron chi connectivity index (χ3n) is 8.09. The molecule has 9 nitrogen and oxygen atoms in total. The number of pyridine rings is 1. The van der Waals surface area contributed by atoms with Gasteiger partial charge in [0.25, 0.3) is 11.5 Å². The molecule has 7 rings (SSSR count). The number of aromatic amines is 1. The summed E-state index contributed by atoms with van der Waals surface area (Å²) in [5, 5.41) is 16.3. The molecule has 9 heteroatoms. The summed E-state index contributed by atoms with van der Waals surface area (Å²) in [6, 6.07) is 11.6. The molecule has 3 aliphatic rings. The summed E-state index contributed by atoms with van der Waals surface area (Å²) < 4.78 is 13.0. The van der Waals surface area contributed by atoms with Gasteiger partial charge in [-0.2, -0.15) is 10.2 Å². The van der Waals surface area contributed by atoms with E-state index in [1.54, 1.807) is 10.7 Å². The molecule has 2 aliphatic carbocycles. The Morgan fingerprint density at radius 2 is 1.97 bits per heavy atom. The van der Waals surface area contributed by atoms with Crippen molar-refractivity contribution in [2.45, 2.75) is 50.2 Å². The van der Waals surface area contributed by atoms with Gasteiger partial charge < -0.3 is 14.8 Å². The fourth-order valence-corrected chi connectivity index (χ4v) is 6.32. The fraction of sp³-hybridized carbons (Fsp3) is 0.407. The van der Waals surface area contributed by atoms with Gasteiger partial charge in [0.05, 0.1) is 47.8 Å². The van der Waals surface area contributed by atoms with E-state index in [0.29, 0.717) is 23.5 Å². The van der Waals surface area contributed by atoms with Crippen molar-refractivity contribution in [3.05, 3.63) is 70.4 Å². The molecule has 1 aromatic carbocycles. The number of nitrogens with one attached hydrogen (secondary N) is 2. The molecule has 3 aromatic heterocycles. The van der Waals surface area contributed by atoms with E-state index >= 15 is 0 Å². The number of aromatic nitrogens is 4. The zero-order valence-electron chi connectivity index (χ0n) is 19.8. The van der Waals surface area contributed by atoms with Crippen molar-refractivity contribution in [3.8, 4) is 5.75 Å². The van der Waals surface area contributed by atoms with Crippen LogP contribution >= 0.6 is 0 Å². The Hall–Kier alpha value is -3.72. The molecule has 1 saturated heterocycles. The highest BCUT2D eigenvalue weighted by atomic mass is 16.5. The molecule has 0 unspecified atom stereocenters. The predicted molar refractivity (Wildman–Crippen MR) is 132 cm³/mol. The average Bonchev–Trinajstić information content (AvgIpc) is 3.50. The molecule has 2 N–H and O–H groups in total. The second kappa shape index (κ2) is 8.16. The maximum Gasteiger partial charge on any atom is 0.272 e. The lowest BCUT2D eigenvalue weighted by atomic mass is 9.49. The van der Waals surface area contributed by atoms with Crippen LogP contribution in [0.4, 0.5) is 0 Å². The Morgan fingerprint density at radius 1 is 1.14 bits per heavy atom. The van der Waals surface area contributed by atoms with Gasteiger partial charge in [0.15, 0.2) is 0 Å². The van der Waals surface area contributed by atoms with Crippen LogP contribution in [0.2, 0.25) is 0 Å². The largest absolute Gasteiger partial charge is 0.486 e. The quantitative estimate of drug-likeness (QED) is 0.449. The Labute approximate surface area is 206 Å². The van der Waals surface area contributed by atoms with Crippen LogP contribution in [0.15, 0.2) is 53.6 Å². The van der Waals surface area contributed by atoms with Gasteiger partial charge in [-0.25, -0.2) is 9.61 Å². The zero-order valence-corrected chi connectivity index (χ0v) is 19.8. The van der Waals surface area contributed by atoms with E-state index in [1.807, 2.05) is 42.6 Å². The van der Waals surface area contributed by atoms with Crippen LogP contribution in [0.3, 0.4) is 0 Å². The lowest BCUT2D eigenvalue weighted by molar-refractivity contribution is -0.0196. The summed E-state index contributed by atoms with van der Waals surface area (Å²) >= 11 is 0. The van der Waals surface area contributed by atoms with Crippen LogP contribution in [-0.4, -0.2) is 51.1 Å². The van der Waals surface area contributed by atoms with E-state index in [4.69, 9.17) is 9.47 Å². The zero-order chi connectivity index (χ0) is 24.3. The standard InChI is InChI=1S/C27H27N5O4/c33-25(22-13-28-32-14-18(5-6-23(22)32)36-19-7-8-35-15-19)29-17-11-27(12-17)9-16(10-27)24-20-3-1-2-4-21(20)26(34)31-30-24/h1-6,13-14,16-17,19H,7-12,15H2,(H,29,33)(H,31,34)/t16?,17?,19-,27?/m1/s1. The van der Waals surface area contributed by atoms with E-state index in [1.165, 1.54) is 0 Å². The van der Waals surface area contributed by atoms with E-state index in [2.05, 4.69) is 20.6 Å². The number of carbonyl (C=O) groups excluding carboxylic acids is 1. The number of hydrogen-bond acceptors (Lipinski definition) is 6. The molecular formula is C27H27N5O4. The molecule has 0 bridgehead atoms. The molecule has 2 saturated carbocycles. The maximum absolute atomic E-state index is 13.0. The van der Waals surface area contributed by atoms with E-state index in [-0.39, 0.29) is 29.0 Å². The SMILES string of the molecule is O=C(NC1CC2(C1)CC(c1n[nH]c(=O)c3ccccc13)C2)c1cnn2cc(O[C@@H]3CCOC3)ccc12. The van der Waals surface area contributed by atoms with Crippen LogP contribution in [0.25, 0.3) is 16.3 Å². The van der Waals surface area contributed by atoms with Gasteiger partial charge in [0.1, 0.15) is 11.9 Å². The fourth-order valence-electron chi connectivity index (χ4n) is 6.32. The van der Waals surface area contributed by atoms with Crippen LogP contribution in [0.1, 0.15) is 54.1 Å². The van der Waals surface area contributed by atoms with Gasteiger partial charge in [-0.05, 0) is 49.3 Å². The van der Waals surface area contributed by atoms with Crippen molar-refractivity contribution in [1.29, 1.82) is 0 Å². The first-order chi connectivity index (χ1) is 17.6. The molecule has 36 heavy (non-hydrogen) atoms. The molecule has 0 radical (unpaired) electrons. The minimum Gasteiger partial charge on any atom is -0.486 e. The summed E-state index contributed by atoms with van der Waals surface area (Å²) in [7, 11) is 0. The number of H-pyrrole nitrogens is 1. The molecule has 184 valence electrons. The third kappa shape index (κ3) is 3.57. The second-order valence-electron chi connectivity index (χ2n) is 10.5. The summed E-state index contributed by atoms with van der Waals surface area (Å²) in [5.74, 6) is 0.973. The summed E-state index contributed by atoms with van der Waals surface area (Å²) in [6.45, 7) is 1.33. The first kappa shape index (κ1) is 21.6. The van der Waals surface area contributed by atoms with Gasteiger partial charge >= 0.3 is 0 Å². The molecular weight excluding hydrogens is 458 g/mol. The Morgan fingerprint density at radius 3 is 2.78 bits per heavy atom. The number of rotatable bonds is 5. The van der Waals surface area contributed by atoms with Crippen molar-refractivity contribution < 1.29 is 14.3 Å². The molecule has 3 fully saturated rings. The number of nitrogens with zero attached hydrogens (tertiary/aromatic N) is 3. The Balaban J connectivity index is 0.978. The minimum atomic E-state index is -0.144. The molecule has 1 aliphatic heterocycles. The summed E-state index contributed by atoms with van der Waals surface area (Å²) in [5.41, 5.74) is 2.44. The summed E-state index contributed by atoms with van der Waals surface area (Å²) in [6.07, 6.45) is 8.39. The highest BCUT2D eigenvalue weighted by Crippen LogP contribution is 2.62. The van der Waals surface area contributed by atoms with Crippen molar-refractivity contribution in [2.24, 2.45) is 5.41 Å². The molecule has 1 spiro atoms. The van der Waals surface area contributed by atoms with Crippen LogP contribution < -0.4 is 15.6 Å². The number of benzene rings is 1. The Bertz CT molecular complexity index is 1520. The highest BCUT2D eigenvalue weighted by molar-refractivity contribution is 6.00. The van der Waals surface area contributed by atoms with Crippen LogP contribution in [0.5, 0.6) is 5.75 Å². The van der Waals surface area contributed by atoms with E-state index in [0.717, 1.165) is 61.1 Å². The highest BCUT2D eigenvalue weighted by Gasteiger charge is 2.54. The average molecular weight is 486 g/mol. The summed E-state index contributed by atoms with van der Waals surface area (Å²) in [4.78, 5) is 25.1. The minimum absolute atomic E-state index is 0.0662. The van der Waals surface area contributed by atoms with Crippen LogP contribution in [0, 0.1) is 5.41 Å². The van der Waals surface area contributed by atoms with Gasteiger partial charge in [-0.15, -0.1) is 0 Å². The van der Waals surface area contributed by atoms with E-state index in [9.17, 15) is 9.59 Å². The van der Waals surface area contributed by atoms with Gasteiger partial charge in [0, 0.05) is 23.8 Å². The third-order valence-corrected chi connectivity index (χ3v) is 8.09. The number of hydrogen-bond donors (Lipinski definition) is 2. The van der Waals surface area contributed by atoms with Crippen molar-refractivity contribution in [2.75, 3.05) is 13.2 Å². The molecule has 4 heterocycles. The van der Waals surface area contributed by atoms with Crippen molar-refractivity contribution in [1.82, 2.24) is 25.1 Å². The number of fused-ring (bicyclic) bond motifs is 2. The van der Waals surface area contributed by atoms with Gasteiger partial charge in [0.2, 0.25) is 0 Å². The first-order valence-electron chi connectivity index (χ1n) is 12.6. The topological polar surface area (TPSA) is 111 Å². The number of ether oxygens (including phenoxy) is 2. The molecule has 1 amide bonds. The lowest BCUT2D eigenvalue weighted by Crippen LogP contribution is -2.55. The number of amides is 1. The van der Waals surface area contributed by atoms with Gasteiger partial charge in [-0.1, -0.05) is 18.2 Å². The smallest absolute Gasteiger partial charge is 0.272 e. The Kier molecular flexibility index (Phi) is 4.89. The first-order valence-corrected chi connectivity index (χ1v) is 12.6. The van der Waals surface area contributed by atoms with Crippen LogP contribution in [-0.2, 0) is 4.74 Å². The normalized spacial score (nSPS) is 27.2. The van der Waals surface area contributed by atoms with Crippen molar-refractivity contribution in [3.63, 3.8) is 0 Å². The maximum atomic E-state index is 13.0.